The quantitative estimate of drug-likeness (QED) is 0.530. The molecule has 0 fully saturated rings. The highest BCUT2D eigenvalue weighted by atomic mass is 16.5. The van der Waals surface area contributed by atoms with E-state index in [0.29, 0.717) is 18.1 Å². The van der Waals surface area contributed by atoms with E-state index in [2.05, 4.69) is 24.5 Å². The van der Waals surface area contributed by atoms with Gasteiger partial charge in [-0.1, -0.05) is 26.0 Å². The molecule has 2 N–H and O–H groups in total. The van der Waals surface area contributed by atoms with Crippen molar-refractivity contribution in [1.29, 1.82) is 0 Å². The van der Waals surface area contributed by atoms with Crippen molar-refractivity contribution in [3.05, 3.63) is 78.1 Å². The van der Waals surface area contributed by atoms with E-state index in [1.54, 1.807) is 48.5 Å². The first kappa shape index (κ1) is 20.3. The van der Waals surface area contributed by atoms with E-state index in [-0.39, 0.29) is 11.5 Å². The Labute approximate surface area is 169 Å². The molecule has 1 aromatic carbocycles. The van der Waals surface area contributed by atoms with Crippen LogP contribution in [0.3, 0.4) is 0 Å². The number of benzene rings is 1. The van der Waals surface area contributed by atoms with Crippen molar-refractivity contribution in [2.75, 3.05) is 6.61 Å². The highest BCUT2D eigenvalue weighted by Gasteiger charge is 2.21. The summed E-state index contributed by atoms with van der Waals surface area (Å²) in [7, 11) is 0. The van der Waals surface area contributed by atoms with Gasteiger partial charge in [-0.15, -0.1) is 0 Å². The zero-order valence-corrected chi connectivity index (χ0v) is 16.4. The van der Waals surface area contributed by atoms with Gasteiger partial charge in [-0.2, -0.15) is 0 Å². The van der Waals surface area contributed by atoms with Crippen molar-refractivity contribution in [2.24, 2.45) is 5.92 Å². The van der Waals surface area contributed by atoms with Gasteiger partial charge >= 0.3 is 0 Å². The predicted octanol–water partition coefficient (Wildman–Crippen LogP) is 4.16. The van der Waals surface area contributed by atoms with Gasteiger partial charge in [0.2, 0.25) is 0 Å². The molecule has 0 aliphatic heterocycles. The molecule has 3 rings (SSSR count). The lowest BCUT2D eigenvalue weighted by Gasteiger charge is -2.20. The number of amides is 2. The summed E-state index contributed by atoms with van der Waals surface area (Å²) in [5.74, 6) is 0.691. The third kappa shape index (κ3) is 5.75. The normalized spacial score (nSPS) is 10.9. The van der Waals surface area contributed by atoms with Crippen molar-refractivity contribution in [1.82, 2.24) is 10.6 Å². The van der Waals surface area contributed by atoms with E-state index >= 15 is 0 Å². The van der Waals surface area contributed by atoms with Crippen LogP contribution in [0, 0.1) is 5.92 Å². The van der Waals surface area contributed by atoms with Crippen molar-refractivity contribution < 1.29 is 23.2 Å². The lowest BCUT2D eigenvalue weighted by Crippen LogP contribution is -2.41. The lowest BCUT2D eigenvalue weighted by atomic mass is 10.1. The Morgan fingerprint density at radius 3 is 1.90 bits per heavy atom. The summed E-state index contributed by atoms with van der Waals surface area (Å²) in [4.78, 5) is 24.9. The summed E-state index contributed by atoms with van der Waals surface area (Å²) in [5, 5.41) is 5.52. The van der Waals surface area contributed by atoms with Gasteiger partial charge in [0.05, 0.1) is 19.1 Å². The van der Waals surface area contributed by atoms with Crippen molar-refractivity contribution in [2.45, 2.75) is 26.4 Å². The lowest BCUT2D eigenvalue weighted by molar-refractivity contribution is 0.0853. The molecule has 0 aliphatic carbocycles. The first-order valence-corrected chi connectivity index (χ1v) is 9.44. The zero-order chi connectivity index (χ0) is 20.6. The first-order chi connectivity index (χ1) is 14.0. The molecular weight excluding hydrogens is 372 g/mol. The maximum Gasteiger partial charge on any atom is 0.288 e. The van der Waals surface area contributed by atoms with Crippen LogP contribution >= 0.6 is 0 Å². The summed E-state index contributed by atoms with van der Waals surface area (Å²) >= 11 is 0. The highest BCUT2D eigenvalue weighted by Crippen LogP contribution is 2.18. The third-order valence-electron chi connectivity index (χ3n) is 4.22. The summed E-state index contributed by atoms with van der Waals surface area (Å²) in [6.45, 7) is 4.91. The van der Waals surface area contributed by atoms with Gasteiger partial charge in [-0.05, 0) is 54.3 Å². The maximum atomic E-state index is 12.4. The van der Waals surface area contributed by atoms with Gasteiger partial charge in [-0.25, -0.2) is 0 Å². The van der Waals surface area contributed by atoms with E-state index in [9.17, 15) is 9.59 Å². The van der Waals surface area contributed by atoms with Crippen molar-refractivity contribution >= 4 is 11.8 Å². The van der Waals surface area contributed by atoms with E-state index < -0.39 is 18.0 Å². The maximum absolute atomic E-state index is 12.4. The average molecular weight is 396 g/mol. The molecule has 0 spiro atoms. The molecule has 0 saturated heterocycles. The van der Waals surface area contributed by atoms with E-state index in [1.807, 2.05) is 0 Å². The molecule has 0 aliphatic rings. The number of rotatable bonds is 9. The van der Waals surface area contributed by atoms with Crippen molar-refractivity contribution in [3.8, 4) is 5.75 Å². The Kier molecular flexibility index (Phi) is 6.73. The Morgan fingerprint density at radius 2 is 1.45 bits per heavy atom. The van der Waals surface area contributed by atoms with Gasteiger partial charge in [0, 0.05) is 0 Å². The Balaban J connectivity index is 1.72. The summed E-state index contributed by atoms with van der Waals surface area (Å²) in [5.41, 5.74) is 0.682. The molecule has 7 heteroatoms. The monoisotopic (exact) mass is 396 g/mol. The molecule has 7 nitrogen and oxygen atoms in total. The second-order valence-corrected chi connectivity index (χ2v) is 6.93. The van der Waals surface area contributed by atoms with Crippen LogP contribution in [-0.4, -0.2) is 18.4 Å². The zero-order valence-electron chi connectivity index (χ0n) is 16.4. The fourth-order valence-electron chi connectivity index (χ4n) is 2.59. The number of ether oxygens (including phenoxy) is 1. The first-order valence-electron chi connectivity index (χ1n) is 9.44. The van der Waals surface area contributed by atoms with Crippen LogP contribution < -0.4 is 15.4 Å². The topological polar surface area (TPSA) is 93.7 Å². The van der Waals surface area contributed by atoms with E-state index in [0.717, 1.165) is 12.2 Å². The summed E-state index contributed by atoms with van der Waals surface area (Å²) in [6, 6.07) is 13.5. The van der Waals surface area contributed by atoms with Crippen LogP contribution in [0.25, 0.3) is 0 Å². The minimum Gasteiger partial charge on any atom is -0.494 e. The highest BCUT2D eigenvalue weighted by molar-refractivity contribution is 5.94. The molecule has 0 atom stereocenters. The summed E-state index contributed by atoms with van der Waals surface area (Å²) in [6.07, 6.45) is 3.00. The van der Waals surface area contributed by atoms with E-state index in [1.165, 1.54) is 12.5 Å². The van der Waals surface area contributed by atoms with Gasteiger partial charge in [0.1, 0.15) is 11.9 Å². The fraction of sp³-hybridized carbons (Fsp3) is 0.273. The molecule has 152 valence electrons. The number of hydrogen-bond donors (Lipinski definition) is 2. The second kappa shape index (κ2) is 9.64. The fourth-order valence-corrected chi connectivity index (χ4v) is 2.59. The van der Waals surface area contributed by atoms with Crippen LogP contribution in [0.5, 0.6) is 5.75 Å². The number of carbonyl (C=O) groups excluding carboxylic acids is 2. The predicted molar refractivity (Wildman–Crippen MR) is 106 cm³/mol. The number of nitrogens with one attached hydrogen (secondary N) is 2. The smallest absolute Gasteiger partial charge is 0.288 e. The minimum atomic E-state index is -0.782. The Hall–Kier alpha value is -3.48. The van der Waals surface area contributed by atoms with Crippen LogP contribution in [0.15, 0.2) is 69.9 Å². The number of furan rings is 2. The van der Waals surface area contributed by atoms with Crippen LogP contribution in [0.2, 0.25) is 0 Å². The minimum absolute atomic E-state index is 0.149. The molecular formula is C22H24N2O5. The molecule has 0 unspecified atom stereocenters. The van der Waals surface area contributed by atoms with Crippen LogP contribution in [0.4, 0.5) is 0 Å². The van der Waals surface area contributed by atoms with Crippen LogP contribution in [-0.2, 0) is 0 Å². The SMILES string of the molecule is CC(C)CCOc1ccc(C(NC(=O)c2ccco2)NC(=O)c2ccco2)cc1. The summed E-state index contributed by atoms with van der Waals surface area (Å²) < 4.78 is 16.0. The van der Waals surface area contributed by atoms with Crippen molar-refractivity contribution in [3.63, 3.8) is 0 Å². The van der Waals surface area contributed by atoms with E-state index in [4.69, 9.17) is 13.6 Å². The second-order valence-electron chi connectivity index (χ2n) is 6.93. The molecule has 0 saturated carbocycles. The molecule has 2 heterocycles. The molecule has 2 amide bonds. The molecule has 2 aromatic heterocycles. The standard InChI is InChI=1S/C22H24N2O5/c1-15(2)11-14-27-17-9-7-16(8-10-17)20(23-21(25)18-5-3-12-28-18)24-22(26)19-6-4-13-29-19/h3-10,12-13,15,20H,11,14H2,1-2H3,(H,23,25)(H,24,26). The molecule has 29 heavy (non-hydrogen) atoms. The number of carbonyl (C=O) groups is 2. The van der Waals surface area contributed by atoms with Gasteiger partial charge in [0.25, 0.3) is 11.8 Å². The van der Waals surface area contributed by atoms with Crippen LogP contribution in [0.1, 0.15) is 53.1 Å². The molecule has 0 radical (unpaired) electrons. The molecule has 0 bridgehead atoms. The average Bonchev–Trinajstić information content (AvgIpc) is 3.41. The number of hydrogen-bond acceptors (Lipinski definition) is 5. The van der Waals surface area contributed by atoms with Gasteiger partial charge in [0.15, 0.2) is 11.5 Å². The largest absolute Gasteiger partial charge is 0.494 e. The Bertz CT molecular complexity index is 851. The third-order valence-corrected chi connectivity index (χ3v) is 4.22. The van der Waals surface area contributed by atoms with Gasteiger partial charge < -0.3 is 24.2 Å². The molecule has 3 aromatic rings. The Morgan fingerprint density at radius 1 is 0.897 bits per heavy atom. The van der Waals surface area contributed by atoms with Gasteiger partial charge in [-0.3, -0.25) is 9.59 Å².